The van der Waals surface area contributed by atoms with E-state index in [-0.39, 0.29) is 18.0 Å². The van der Waals surface area contributed by atoms with Gasteiger partial charge in [-0.05, 0) is 55.8 Å². The van der Waals surface area contributed by atoms with Gasteiger partial charge in [0.1, 0.15) is 21.4 Å². The second kappa shape index (κ2) is 8.08. The maximum absolute atomic E-state index is 12.9. The van der Waals surface area contributed by atoms with Crippen LogP contribution in [0.25, 0.3) is 11.0 Å². The Labute approximate surface area is 166 Å². The van der Waals surface area contributed by atoms with Crippen molar-refractivity contribution in [1.82, 2.24) is 14.5 Å². The standard InChI is InChI=1S/C18H23BrN4O4/c1-7-26-16(24)15-14(20-10-22(5)6)13-11(8-9-12(19)21-13)23(15)17(25)27-18(2,3)4/h8-10H,7H2,1-6H3/b20-10+. The van der Waals surface area contributed by atoms with Crippen molar-refractivity contribution in [2.75, 3.05) is 20.7 Å². The number of pyridine rings is 1. The van der Waals surface area contributed by atoms with E-state index in [2.05, 4.69) is 25.9 Å². The summed E-state index contributed by atoms with van der Waals surface area (Å²) in [4.78, 5) is 36.0. The molecule has 0 N–H and O–H groups in total. The highest BCUT2D eigenvalue weighted by Crippen LogP contribution is 2.34. The number of esters is 1. The number of nitrogens with zero attached hydrogens (tertiary/aromatic N) is 4. The highest BCUT2D eigenvalue weighted by atomic mass is 79.9. The predicted octanol–water partition coefficient (Wildman–Crippen LogP) is 3.98. The molecule has 8 nitrogen and oxygen atoms in total. The van der Waals surface area contributed by atoms with Crippen molar-refractivity contribution < 1.29 is 19.1 Å². The Morgan fingerprint density at radius 1 is 1.33 bits per heavy atom. The first-order valence-electron chi connectivity index (χ1n) is 8.37. The third kappa shape index (κ3) is 4.85. The smallest absolute Gasteiger partial charge is 0.419 e. The van der Waals surface area contributed by atoms with Crippen LogP contribution in [0, 0.1) is 0 Å². The van der Waals surface area contributed by atoms with E-state index in [0.717, 1.165) is 0 Å². The number of aromatic nitrogens is 2. The summed E-state index contributed by atoms with van der Waals surface area (Å²) < 4.78 is 12.4. The molecular weight excluding hydrogens is 416 g/mol. The van der Waals surface area contributed by atoms with E-state index >= 15 is 0 Å². The fraction of sp³-hybridized carbons (Fsp3) is 0.444. The fourth-order valence-electron chi connectivity index (χ4n) is 2.30. The van der Waals surface area contributed by atoms with Crippen LogP contribution in [0.3, 0.4) is 0 Å². The normalized spacial score (nSPS) is 11.8. The second-order valence-electron chi connectivity index (χ2n) is 6.94. The van der Waals surface area contributed by atoms with Gasteiger partial charge >= 0.3 is 12.1 Å². The van der Waals surface area contributed by atoms with Crippen LogP contribution in [0.4, 0.5) is 10.5 Å². The summed E-state index contributed by atoms with van der Waals surface area (Å²) in [5, 5.41) is 0. The predicted molar refractivity (Wildman–Crippen MR) is 107 cm³/mol. The highest BCUT2D eigenvalue weighted by molar-refractivity contribution is 9.10. The number of ether oxygens (including phenoxy) is 2. The lowest BCUT2D eigenvalue weighted by Gasteiger charge is -2.20. The molecule has 2 aromatic rings. The average molecular weight is 439 g/mol. The molecule has 2 rings (SSSR count). The van der Waals surface area contributed by atoms with Crippen LogP contribution in [0.15, 0.2) is 21.7 Å². The molecular formula is C18H23BrN4O4. The topological polar surface area (TPSA) is 86.0 Å². The first kappa shape index (κ1) is 20.9. The van der Waals surface area contributed by atoms with Gasteiger partial charge < -0.3 is 14.4 Å². The van der Waals surface area contributed by atoms with Crippen LogP contribution in [-0.2, 0) is 9.47 Å². The van der Waals surface area contributed by atoms with Crippen molar-refractivity contribution in [3.63, 3.8) is 0 Å². The Morgan fingerprint density at radius 2 is 2.00 bits per heavy atom. The first-order valence-corrected chi connectivity index (χ1v) is 9.16. The molecule has 0 saturated heterocycles. The zero-order valence-electron chi connectivity index (χ0n) is 16.2. The Morgan fingerprint density at radius 3 is 2.56 bits per heavy atom. The van der Waals surface area contributed by atoms with Gasteiger partial charge in [0.25, 0.3) is 0 Å². The minimum absolute atomic E-state index is 0.0233. The molecule has 0 atom stereocenters. The molecule has 0 unspecified atom stereocenters. The molecule has 0 aliphatic heterocycles. The molecule has 0 spiro atoms. The lowest BCUT2D eigenvalue weighted by atomic mass is 10.2. The van der Waals surface area contributed by atoms with E-state index < -0.39 is 17.7 Å². The van der Waals surface area contributed by atoms with Crippen molar-refractivity contribution in [1.29, 1.82) is 0 Å². The number of carbonyl (C=O) groups excluding carboxylic acids is 2. The Balaban J connectivity index is 2.83. The summed E-state index contributed by atoms with van der Waals surface area (Å²) in [6, 6.07) is 3.35. The van der Waals surface area contributed by atoms with Gasteiger partial charge in [0, 0.05) is 14.1 Å². The molecule has 0 radical (unpaired) electrons. The largest absolute Gasteiger partial charge is 0.461 e. The molecule has 2 aromatic heterocycles. The van der Waals surface area contributed by atoms with Gasteiger partial charge in [-0.25, -0.2) is 24.1 Å². The number of hydrogen-bond acceptors (Lipinski definition) is 6. The fourth-order valence-corrected chi connectivity index (χ4v) is 2.61. The Bertz CT molecular complexity index is 897. The Hall–Kier alpha value is -2.42. The van der Waals surface area contributed by atoms with E-state index in [9.17, 15) is 9.59 Å². The number of carbonyl (C=O) groups is 2. The summed E-state index contributed by atoms with van der Waals surface area (Å²) >= 11 is 3.32. The average Bonchev–Trinajstić information content (AvgIpc) is 2.85. The van der Waals surface area contributed by atoms with Crippen LogP contribution in [0.2, 0.25) is 0 Å². The summed E-state index contributed by atoms with van der Waals surface area (Å²) in [5.41, 5.74) is 0.266. The van der Waals surface area contributed by atoms with Crippen LogP contribution in [0.5, 0.6) is 0 Å². The molecule has 0 aliphatic carbocycles. The third-order valence-electron chi connectivity index (χ3n) is 3.22. The molecule has 0 saturated carbocycles. The van der Waals surface area contributed by atoms with Gasteiger partial charge in [-0.1, -0.05) is 0 Å². The van der Waals surface area contributed by atoms with Crippen LogP contribution in [-0.4, -0.2) is 59.2 Å². The number of halogens is 1. The molecule has 9 heteroatoms. The maximum Gasteiger partial charge on any atom is 0.419 e. The lowest BCUT2D eigenvalue weighted by molar-refractivity contribution is 0.0455. The van der Waals surface area contributed by atoms with E-state index in [1.807, 2.05) is 0 Å². The van der Waals surface area contributed by atoms with Crippen molar-refractivity contribution in [3.05, 3.63) is 22.4 Å². The Kier molecular flexibility index (Phi) is 6.25. The molecule has 27 heavy (non-hydrogen) atoms. The van der Waals surface area contributed by atoms with E-state index in [4.69, 9.17) is 9.47 Å². The first-order chi connectivity index (χ1) is 12.5. The van der Waals surface area contributed by atoms with Crippen molar-refractivity contribution >= 4 is 51.1 Å². The molecule has 0 aromatic carbocycles. The molecule has 0 bridgehead atoms. The van der Waals surface area contributed by atoms with Crippen molar-refractivity contribution in [2.45, 2.75) is 33.3 Å². The number of aliphatic imine (C=N–C) groups is 1. The number of rotatable bonds is 4. The summed E-state index contributed by atoms with van der Waals surface area (Å²) in [7, 11) is 3.59. The van der Waals surface area contributed by atoms with Crippen LogP contribution in [0.1, 0.15) is 38.2 Å². The quantitative estimate of drug-likeness (QED) is 0.310. The van der Waals surface area contributed by atoms with Crippen molar-refractivity contribution in [3.8, 4) is 0 Å². The van der Waals surface area contributed by atoms with Crippen molar-refractivity contribution in [2.24, 2.45) is 4.99 Å². The van der Waals surface area contributed by atoms with E-state index in [0.29, 0.717) is 15.6 Å². The molecule has 0 aliphatic rings. The van der Waals surface area contributed by atoms with E-state index in [1.165, 1.54) is 10.9 Å². The lowest BCUT2D eigenvalue weighted by Crippen LogP contribution is -2.29. The number of fused-ring (bicyclic) bond motifs is 1. The van der Waals surface area contributed by atoms with Crippen LogP contribution < -0.4 is 0 Å². The second-order valence-corrected chi connectivity index (χ2v) is 7.76. The summed E-state index contributed by atoms with van der Waals surface area (Å²) in [6.45, 7) is 7.10. The summed E-state index contributed by atoms with van der Waals surface area (Å²) in [6.07, 6.45) is 0.824. The number of hydrogen-bond donors (Lipinski definition) is 0. The zero-order valence-corrected chi connectivity index (χ0v) is 17.8. The minimum atomic E-state index is -0.741. The van der Waals surface area contributed by atoms with E-state index in [1.54, 1.807) is 58.8 Å². The van der Waals surface area contributed by atoms with Gasteiger partial charge in [-0.2, -0.15) is 0 Å². The van der Waals surface area contributed by atoms with Gasteiger partial charge in [-0.3, -0.25) is 0 Å². The molecule has 2 heterocycles. The van der Waals surface area contributed by atoms with Gasteiger partial charge in [-0.15, -0.1) is 0 Å². The van der Waals surface area contributed by atoms with Gasteiger partial charge in [0.2, 0.25) is 0 Å². The zero-order chi connectivity index (χ0) is 20.4. The SMILES string of the molecule is CCOC(=O)c1c(/N=C/N(C)C)c2nc(Br)ccc2n1C(=O)OC(C)(C)C. The van der Waals surface area contributed by atoms with Gasteiger partial charge in [0.05, 0.1) is 18.5 Å². The summed E-state index contributed by atoms with van der Waals surface area (Å²) in [5.74, 6) is -0.677. The van der Waals surface area contributed by atoms with Crippen LogP contribution >= 0.6 is 15.9 Å². The molecule has 146 valence electrons. The monoisotopic (exact) mass is 438 g/mol. The van der Waals surface area contributed by atoms with Gasteiger partial charge in [0.15, 0.2) is 5.69 Å². The molecule has 0 fully saturated rings. The third-order valence-corrected chi connectivity index (χ3v) is 3.66. The molecule has 0 amide bonds. The minimum Gasteiger partial charge on any atom is -0.461 e. The highest BCUT2D eigenvalue weighted by Gasteiger charge is 2.31. The maximum atomic E-state index is 12.9.